The second kappa shape index (κ2) is 9.30. The highest BCUT2D eigenvalue weighted by Crippen LogP contribution is 2.27. The molecule has 0 radical (unpaired) electrons. The molecule has 0 aliphatic carbocycles. The van der Waals surface area contributed by atoms with Gasteiger partial charge >= 0.3 is 0 Å². The van der Waals surface area contributed by atoms with Gasteiger partial charge in [0.05, 0.1) is 14.2 Å². The van der Waals surface area contributed by atoms with Crippen LogP contribution in [0.5, 0.6) is 11.5 Å². The maximum atomic E-state index is 12.2. The van der Waals surface area contributed by atoms with E-state index in [1.165, 1.54) is 0 Å². The molecule has 0 aromatic heterocycles. The minimum Gasteiger partial charge on any atom is -0.493 e. The van der Waals surface area contributed by atoms with Crippen molar-refractivity contribution < 1.29 is 19.1 Å². The number of hydrogen-bond acceptors (Lipinski definition) is 4. The highest BCUT2D eigenvalue weighted by molar-refractivity contribution is 5.96. The molecule has 2 amide bonds. The predicted octanol–water partition coefficient (Wildman–Crippen LogP) is 2.01. The number of nitrogens with one attached hydrogen (secondary N) is 1. The Kier molecular flexibility index (Phi) is 7.10. The zero-order valence-electron chi connectivity index (χ0n) is 15.3. The van der Waals surface area contributed by atoms with Crippen molar-refractivity contribution in [1.82, 2.24) is 10.2 Å². The van der Waals surface area contributed by atoms with Crippen molar-refractivity contribution in [2.45, 2.75) is 32.6 Å². The third-order valence-electron chi connectivity index (χ3n) is 4.51. The smallest absolute Gasteiger partial charge is 0.232 e. The molecular weight excluding hydrogens is 320 g/mol. The molecule has 1 aromatic rings. The third kappa shape index (κ3) is 5.66. The Bertz CT molecular complexity index is 603. The summed E-state index contributed by atoms with van der Waals surface area (Å²) < 4.78 is 10.5. The first-order valence-corrected chi connectivity index (χ1v) is 8.79. The normalized spacial score (nSPS) is 17.1. The molecule has 1 unspecified atom stereocenters. The van der Waals surface area contributed by atoms with Crippen LogP contribution < -0.4 is 14.8 Å². The van der Waals surface area contributed by atoms with Gasteiger partial charge in [0, 0.05) is 19.6 Å². The summed E-state index contributed by atoms with van der Waals surface area (Å²) in [6, 6.07) is 5.68. The molecule has 1 aliphatic heterocycles. The Labute approximate surface area is 149 Å². The van der Waals surface area contributed by atoms with Crippen LogP contribution in [0.2, 0.25) is 0 Å². The van der Waals surface area contributed by atoms with Crippen LogP contribution in [0.4, 0.5) is 0 Å². The number of carbonyl (C=O) groups excluding carboxylic acids is 2. The van der Waals surface area contributed by atoms with Crippen LogP contribution in [-0.2, 0) is 16.0 Å². The van der Waals surface area contributed by atoms with Crippen LogP contribution >= 0.6 is 0 Å². The highest BCUT2D eigenvalue weighted by Gasteiger charge is 2.22. The van der Waals surface area contributed by atoms with Crippen LogP contribution in [0.1, 0.15) is 31.7 Å². The fraction of sp³-hybridized carbons (Fsp3) is 0.579. The van der Waals surface area contributed by atoms with Crippen molar-refractivity contribution in [3.8, 4) is 11.5 Å². The molecule has 138 valence electrons. The molecule has 0 spiro atoms. The van der Waals surface area contributed by atoms with Gasteiger partial charge in [-0.2, -0.15) is 0 Å². The van der Waals surface area contributed by atoms with Crippen LogP contribution in [0.3, 0.4) is 0 Å². The fourth-order valence-corrected chi connectivity index (χ4v) is 3.11. The monoisotopic (exact) mass is 348 g/mol. The summed E-state index contributed by atoms with van der Waals surface area (Å²) in [7, 11) is 3.19. The lowest BCUT2D eigenvalue weighted by molar-refractivity contribution is -0.137. The van der Waals surface area contributed by atoms with Crippen molar-refractivity contribution in [1.29, 1.82) is 0 Å². The van der Waals surface area contributed by atoms with E-state index in [1.807, 2.05) is 23.1 Å². The zero-order chi connectivity index (χ0) is 18.2. The summed E-state index contributed by atoms with van der Waals surface area (Å²) in [5, 5.41) is 2.82. The molecule has 6 heteroatoms. The molecule has 1 aliphatic rings. The molecule has 0 saturated carbocycles. The summed E-state index contributed by atoms with van der Waals surface area (Å²) in [5.74, 6) is 1.57. The van der Waals surface area contributed by atoms with Crippen LogP contribution in [0, 0.1) is 5.92 Å². The topological polar surface area (TPSA) is 67.9 Å². The third-order valence-corrected chi connectivity index (χ3v) is 4.51. The van der Waals surface area contributed by atoms with Gasteiger partial charge in [0.15, 0.2) is 11.5 Å². The van der Waals surface area contributed by atoms with Crippen molar-refractivity contribution in [3.05, 3.63) is 23.8 Å². The Morgan fingerprint density at radius 3 is 2.68 bits per heavy atom. The standard InChI is InChI=1S/C19H28N2O4/c1-14-5-4-10-21(13-14)19(23)12-18(22)20-9-8-15-6-7-16(24-2)17(11-15)25-3/h6-7,11,14H,4-5,8-10,12-13H2,1-3H3,(H,20,22). The van der Waals surface area contributed by atoms with E-state index in [0.29, 0.717) is 30.4 Å². The molecule has 1 saturated heterocycles. The van der Waals surface area contributed by atoms with Crippen molar-refractivity contribution >= 4 is 11.8 Å². The van der Waals surface area contributed by atoms with Gasteiger partial charge in [-0.3, -0.25) is 9.59 Å². The number of rotatable bonds is 7. The van der Waals surface area contributed by atoms with E-state index in [9.17, 15) is 9.59 Å². The van der Waals surface area contributed by atoms with E-state index in [2.05, 4.69) is 12.2 Å². The van der Waals surface area contributed by atoms with Crippen molar-refractivity contribution in [2.24, 2.45) is 5.92 Å². The van der Waals surface area contributed by atoms with E-state index in [0.717, 1.165) is 31.5 Å². The van der Waals surface area contributed by atoms with Gasteiger partial charge in [-0.25, -0.2) is 0 Å². The number of ether oxygens (including phenoxy) is 2. The van der Waals surface area contributed by atoms with E-state index in [1.54, 1.807) is 14.2 Å². The molecule has 25 heavy (non-hydrogen) atoms. The summed E-state index contributed by atoms with van der Waals surface area (Å²) in [4.78, 5) is 26.0. The average molecular weight is 348 g/mol. The van der Waals surface area contributed by atoms with Gasteiger partial charge in [0.1, 0.15) is 6.42 Å². The Hall–Kier alpha value is -2.24. The molecule has 1 fully saturated rings. The van der Waals surface area contributed by atoms with Gasteiger partial charge in [-0.15, -0.1) is 0 Å². The maximum Gasteiger partial charge on any atom is 0.232 e. The first-order chi connectivity index (χ1) is 12.0. The Morgan fingerprint density at radius 1 is 1.24 bits per heavy atom. The van der Waals surface area contributed by atoms with E-state index in [4.69, 9.17) is 9.47 Å². The summed E-state index contributed by atoms with van der Waals surface area (Å²) in [6.07, 6.45) is 2.77. The number of hydrogen-bond donors (Lipinski definition) is 1. The number of methoxy groups -OCH3 is 2. The van der Waals surface area contributed by atoms with Gasteiger partial charge in [-0.05, 0) is 42.9 Å². The number of benzene rings is 1. The molecule has 1 aromatic carbocycles. The van der Waals surface area contributed by atoms with Crippen molar-refractivity contribution in [3.63, 3.8) is 0 Å². The average Bonchev–Trinajstić information content (AvgIpc) is 2.61. The van der Waals surface area contributed by atoms with Gasteiger partial charge in [0.25, 0.3) is 0 Å². The van der Waals surface area contributed by atoms with Crippen LogP contribution in [0.25, 0.3) is 0 Å². The molecule has 2 rings (SSSR count). The number of amides is 2. The zero-order valence-corrected chi connectivity index (χ0v) is 15.3. The molecule has 6 nitrogen and oxygen atoms in total. The lowest BCUT2D eigenvalue weighted by Crippen LogP contribution is -2.41. The Balaban J connectivity index is 1.75. The van der Waals surface area contributed by atoms with Crippen LogP contribution in [0.15, 0.2) is 18.2 Å². The predicted molar refractivity (Wildman–Crippen MR) is 95.9 cm³/mol. The SMILES string of the molecule is COc1ccc(CCNC(=O)CC(=O)N2CCCC(C)C2)cc1OC. The lowest BCUT2D eigenvalue weighted by atomic mass is 10.00. The lowest BCUT2D eigenvalue weighted by Gasteiger charge is -2.30. The molecule has 1 atom stereocenters. The van der Waals surface area contributed by atoms with Crippen LogP contribution in [-0.4, -0.2) is 50.6 Å². The highest BCUT2D eigenvalue weighted by atomic mass is 16.5. The number of piperidine rings is 1. The van der Waals surface area contributed by atoms with Gasteiger partial charge in [0.2, 0.25) is 11.8 Å². The van der Waals surface area contributed by atoms with E-state index >= 15 is 0 Å². The van der Waals surface area contributed by atoms with E-state index in [-0.39, 0.29) is 18.2 Å². The summed E-state index contributed by atoms with van der Waals surface area (Å²) in [5.41, 5.74) is 1.04. The largest absolute Gasteiger partial charge is 0.493 e. The first kappa shape index (κ1) is 19.1. The second-order valence-corrected chi connectivity index (χ2v) is 6.55. The van der Waals surface area contributed by atoms with Gasteiger partial charge in [-0.1, -0.05) is 13.0 Å². The molecular formula is C19H28N2O4. The summed E-state index contributed by atoms with van der Waals surface area (Å²) >= 11 is 0. The second-order valence-electron chi connectivity index (χ2n) is 6.55. The minimum absolute atomic E-state index is 0.0708. The minimum atomic E-state index is -0.219. The number of likely N-dealkylation sites (tertiary alicyclic amines) is 1. The quantitative estimate of drug-likeness (QED) is 0.766. The first-order valence-electron chi connectivity index (χ1n) is 8.79. The fourth-order valence-electron chi connectivity index (χ4n) is 3.11. The molecule has 0 bridgehead atoms. The van der Waals surface area contributed by atoms with Gasteiger partial charge < -0.3 is 19.7 Å². The maximum absolute atomic E-state index is 12.2. The molecule has 1 N–H and O–H groups in total. The number of carbonyl (C=O) groups is 2. The Morgan fingerprint density at radius 2 is 2.00 bits per heavy atom. The number of nitrogens with zero attached hydrogens (tertiary/aromatic N) is 1. The van der Waals surface area contributed by atoms with E-state index < -0.39 is 0 Å². The van der Waals surface area contributed by atoms with Crippen molar-refractivity contribution in [2.75, 3.05) is 33.9 Å². The summed E-state index contributed by atoms with van der Waals surface area (Å²) in [6.45, 7) is 4.15. The molecule has 1 heterocycles.